The van der Waals surface area contributed by atoms with Crippen LogP contribution in [0.1, 0.15) is 71.1 Å². The molecular weight excluding hydrogens is 260 g/mol. The third kappa shape index (κ3) is 4.00. The van der Waals surface area contributed by atoms with E-state index in [0.29, 0.717) is 17.7 Å². The maximum atomic E-state index is 5.95. The Balaban J connectivity index is 1.52. The molecule has 21 heavy (non-hydrogen) atoms. The van der Waals surface area contributed by atoms with Gasteiger partial charge in [-0.05, 0) is 58.5 Å². The van der Waals surface area contributed by atoms with Gasteiger partial charge >= 0.3 is 0 Å². The van der Waals surface area contributed by atoms with E-state index >= 15 is 0 Å². The van der Waals surface area contributed by atoms with Gasteiger partial charge in [-0.2, -0.15) is 0 Å². The molecule has 3 heteroatoms. The van der Waals surface area contributed by atoms with Crippen molar-refractivity contribution in [1.29, 1.82) is 0 Å². The molecule has 2 aliphatic heterocycles. The van der Waals surface area contributed by atoms with Crippen molar-refractivity contribution in [1.82, 2.24) is 10.2 Å². The largest absolute Gasteiger partial charge is 0.374 e. The zero-order valence-corrected chi connectivity index (χ0v) is 13.9. The third-order valence-corrected chi connectivity index (χ3v) is 5.96. The summed E-state index contributed by atoms with van der Waals surface area (Å²) in [5.74, 6) is 0. The molecule has 0 radical (unpaired) electrons. The fourth-order valence-electron chi connectivity index (χ4n) is 4.68. The van der Waals surface area contributed by atoms with Gasteiger partial charge in [0.15, 0.2) is 0 Å². The van der Waals surface area contributed by atoms with Gasteiger partial charge in [-0.1, -0.05) is 25.7 Å². The first-order chi connectivity index (χ1) is 10.3. The molecule has 0 aromatic heterocycles. The molecule has 2 atom stereocenters. The molecule has 3 fully saturated rings. The first kappa shape index (κ1) is 15.8. The molecule has 2 saturated heterocycles. The summed E-state index contributed by atoms with van der Waals surface area (Å²) in [7, 11) is 0. The summed E-state index contributed by atoms with van der Waals surface area (Å²) in [5, 5.41) is 3.79. The molecule has 1 N–H and O–H groups in total. The molecule has 2 unspecified atom stereocenters. The first-order valence-corrected chi connectivity index (χ1v) is 9.40. The molecule has 0 aromatic rings. The average molecular weight is 294 g/mol. The van der Waals surface area contributed by atoms with Crippen molar-refractivity contribution in [3.8, 4) is 0 Å². The maximum absolute atomic E-state index is 5.95. The van der Waals surface area contributed by atoms with Crippen LogP contribution in [0.3, 0.4) is 0 Å². The Morgan fingerprint density at radius 3 is 2.38 bits per heavy atom. The molecule has 2 heterocycles. The number of rotatable bonds is 5. The van der Waals surface area contributed by atoms with Gasteiger partial charge < -0.3 is 10.1 Å². The highest BCUT2D eigenvalue weighted by Crippen LogP contribution is 2.35. The Kier molecular flexibility index (Phi) is 5.58. The van der Waals surface area contributed by atoms with Gasteiger partial charge in [0.05, 0.1) is 12.2 Å². The Labute approximate surface area is 130 Å². The minimum atomic E-state index is 0.460. The molecule has 0 aromatic carbocycles. The van der Waals surface area contributed by atoms with Crippen molar-refractivity contribution in [2.45, 2.75) is 88.9 Å². The quantitative estimate of drug-likeness (QED) is 0.842. The van der Waals surface area contributed by atoms with Gasteiger partial charge in [0.1, 0.15) is 0 Å². The molecule has 122 valence electrons. The Morgan fingerprint density at radius 1 is 1.00 bits per heavy atom. The highest BCUT2D eigenvalue weighted by Gasteiger charge is 2.38. The predicted molar refractivity (Wildman–Crippen MR) is 87.7 cm³/mol. The normalized spacial score (nSPS) is 34.1. The summed E-state index contributed by atoms with van der Waals surface area (Å²) in [4.78, 5) is 2.83. The maximum Gasteiger partial charge on any atom is 0.0704 e. The second-order valence-electron chi connectivity index (χ2n) is 7.61. The summed E-state index contributed by atoms with van der Waals surface area (Å²) >= 11 is 0. The molecular formula is C18H34N2O. The van der Waals surface area contributed by atoms with Crippen LogP contribution in [-0.2, 0) is 4.74 Å². The zero-order valence-electron chi connectivity index (χ0n) is 13.9. The van der Waals surface area contributed by atoms with E-state index < -0.39 is 0 Å². The van der Waals surface area contributed by atoms with Crippen molar-refractivity contribution in [2.75, 3.05) is 26.2 Å². The van der Waals surface area contributed by atoms with Crippen LogP contribution in [0.15, 0.2) is 0 Å². The SMILES string of the molecule is CC1CCC(CNCC2(N3CCCCC3)CCCCC2)O1. The second kappa shape index (κ2) is 7.43. The lowest BCUT2D eigenvalue weighted by atomic mass is 9.79. The predicted octanol–water partition coefficient (Wildman–Crippen LogP) is 3.33. The van der Waals surface area contributed by atoms with E-state index in [1.165, 1.54) is 83.8 Å². The van der Waals surface area contributed by atoms with Gasteiger partial charge in [0.25, 0.3) is 0 Å². The molecule has 0 spiro atoms. The Morgan fingerprint density at radius 2 is 1.71 bits per heavy atom. The lowest BCUT2D eigenvalue weighted by Gasteiger charge is -2.48. The average Bonchev–Trinajstić information content (AvgIpc) is 2.95. The van der Waals surface area contributed by atoms with Crippen molar-refractivity contribution >= 4 is 0 Å². The van der Waals surface area contributed by atoms with E-state index in [-0.39, 0.29) is 0 Å². The topological polar surface area (TPSA) is 24.5 Å². The van der Waals surface area contributed by atoms with E-state index in [2.05, 4.69) is 17.1 Å². The van der Waals surface area contributed by atoms with Gasteiger partial charge in [-0.3, -0.25) is 4.90 Å². The van der Waals surface area contributed by atoms with Crippen LogP contribution in [0.25, 0.3) is 0 Å². The highest BCUT2D eigenvalue weighted by atomic mass is 16.5. The van der Waals surface area contributed by atoms with Crippen molar-refractivity contribution in [2.24, 2.45) is 0 Å². The summed E-state index contributed by atoms with van der Waals surface area (Å²) in [6, 6.07) is 0. The smallest absolute Gasteiger partial charge is 0.0704 e. The standard InChI is InChI=1S/C18H34N2O/c1-16-8-9-17(21-16)14-19-15-18(10-4-2-5-11-18)20-12-6-3-7-13-20/h16-17,19H,2-15H2,1H3. The number of hydrogen-bond donors (Lipinski definition) is 1. The van der Waals surface area contributed by atoms with E-state index in [1.807, 2.05) is 0 Å². The van der Waals surface area contributed by atoms with Crippen LogP contribution >= 0.6 is 0 Å². The van der Waals surface area contributed by atoms with Gasteiger partial charge in [-0.25, -0.2) is 0 Å². The molecule has 0 amide bonds. The molecule has 1 aliphatic carbocycles. The van der Waals surface area contributed by atoms with Crippen LogP contribution in [0.5, 0.6) is 0 Å². The summed E-state index contributed by atoms with van der Waals surface area (Å²) in [5.41, 5.74) is 0.461. The number of likely N-dealkylation sites (tertiary alicyclic amines) is 1. The lowest BCUT2D eigenvalue weighted by molar-refractivity contribution is 0.0242. The first-order valence-electron chi connectivity index (χ1n) is 9.40. The fourth-order valence-corrected chi connectivity index (χ4v) is 4.68. The summed E-state index contributed by atoms with van der Waals surface area (Å²) < 4.78 is 5.95. The minimum Gasteiger partial charge on any atom is -0.374 e. The fraction of sp³-hybridized carbons (Fsp3) is 1.00. The molecule has 3 rings (SSSR count). The monoisotopic (exact) mass is 294 g/mol. The number of ether oxygens (including phenoxy) is 1. The molecule has 1 saturated carbocycles. The number of nitrogens with zero attached hydrogens (tertiary/aromatic N) is 1. The summed E-state index contributed by atoms with van der Waals surface area (Å²) in [6.07, 6.45) is 14.8. The number of hydrogen-bond acceptors (Lipinski definition) is 3. The summed E-state index contributed by atoms with van der Waals surface area (Å²) in [6.45, 7) is 7.11. The van der Waals surface area contributed by atoms with Gasteiger partial charge in [0, 0.05) is 18.6 Å². The van der Waals surface area contributed by atoms with Crippen LogP contribution in [-0.4, -0.2) is 48.8 Å². The van der Waals surface area contributed by atoms with Crippen LogP contribution in [0.2, 0.25) is 0 Å². The van der Waals surface area contributed by atoms with E-state index in [1.54, 1.807) is 0 Å². The second-order valence-corrected chi connectivity index (χ2v) is 7.61. The lowest BCUT2D eigenvalue weighted by Crippen LogP contribution is -2.58. The van der Waals surface area contributed by atoms with Crippen LogP contribution in [0.4, 0.5) is 0 Å². The van der Waals surface area contributed by atoms with E-state index in [4.69, 9.17) is 4.74 Å². The van der Waals surface area contributed by atoms with Gasteiger partial charge in [0.2, 0.25) is 0 Å². The van der Waals surface area contributed by atoms with Crippen molar-refractivity contribution < 1.29 is 4.74 Å². The van der Waals surface area contributed by atoms with E-state index in [9.17, 15) is 0 Å². The number of piperidine rings is 1. The zero-order chi connectivity index (χ0) is 14.5. The van der Waals surface area contributed by atoms with Crippen LogP contribution < -0.4 is 5.32 Å². The Bertz CT molecular complexity index is 308. The van der Waals surface area contributed by atoms with Crippen molar-refractivity contribution in [3.63, 3.8) is 0 Å². The molecule has 3 nitrogen and oxygen atoms in total. The van der Waals surface area contributed by atoms with Gasteiger partial charge in [-0.15, -0.1) is 0 Å². The molecule has 3 aliphatic rings. The van der Waals surface area contributed by atoms with E-state index in [0.717, 1.165) is 6.54 Å². The Hall–Kier alpha value is -0.120. The highest BCUT2D eigenvalue weighted by molar-refractivity contribution is 4.96. The molecule has 0 bridgehead atoms. The van der Waals surface area contributed by atoms with Crippen molar-refractivity contribution in [3.05, 3.63) is 0 Å². The number of nitrogens with one attached hydrogen (secondary N) is 1. The van der Waals surface area contributed by atoms with Crippen LogP contribution in [0, 0.1) is 0 Å². The minimum absolute atomic E-state index is 0.460. The third-order valence-electron chi connectivity index (χ3n) is 5.96.